The molecule has 0 heterocycles. The normalized spacial score (nSPS) is 10.1. The van der Waals surface area contributed by atoms with Gasteiger partial charge in [-0.15, -0.1) is 0 Å². The average Bonchev–Trinajstić information content (AvgIpc) is 2.70. The van der Waals surface area contributed by atoms with Gasteiger partial charge in [0.2, 0.25) is 5.75 Å². The standard InChI is InChI=1S/C20H23ClN2O6/c1-6-29-20(25)23-15-7-11(2)14(10-13(15)21)22-19(24)12-8-16(26-3)18(28-5)17(9-12)27-4/h7-10H,6H2,1-5H3,(H,22,24)(H,23,25). The Bertz CT molecular complexity index is 891. The SMILES string of the molecule is CCOC(=O)Nc1cc(C)c(NC(=O)c2cc(OC)c(OC)c(OC)c2)cc1Cl. The van der Waals surface area contributed by atoms with Crippen LogP contribution in [0.3, 0.4) is 0 Å². The van der Waals surface area contributed by atoms with Crippen LogP contribution in [0.1, 0.15) is 22.8 Å². The fourth-order valence-electron chi connectivity index (χ4n) is 2.60. The molecule has 0 atom stereocenters. The van der Waals surface area contributed by atoms with Crippen LogP contribution in [0.5, 0.6) is 17.2 Å². The maximum Gasteiger partial charge on any atom is 0.411 e. The molecule has 9 heteroatoms. The van der Waals surface area contributed by atoms with Crippen LogP contribution in [0.15, 0.2) is 24.3 Å². The van der Waals surface area contributed by atoms with E-state index in [1.807, 2.05) is 0 Å². The maximum atomic E-state index is 12.8. The minimum Gasteiger partial charge on any atom is -0.493 e. The number of hydrogen-bond donors (Lipinski definition) is 2. The van der Waals surface area contributed by atoms with Crippen molar-refractivity contribution in [1.82, 2.24) is 0 Å². The van der Waals surface area contributed by atoms with Crippen LogP contribution in [-0.2, 0) is 4.74 Å². The smallest absolute Gasteiger partial charge is 0.411 e. The molecule has 0 radical (unpaired) electrons. The molecule has 0 aliphatic heterocycles. The molecule has 2 aromatic carbocycles. The first kappa shape index (κ1) is 22.2. The van der Waals surface area contributed by atoms with Crippen LogP contribution >= 0.6 is 11.6 Å². The second-order valence-corrected chi connectivity index (χ2v) is 6.27. The summed E-state index contributed by atoms with van der Waals surface area (Å²) < 4.78 is 20.7. The molecular formula is C20H23ClN2O6. The molecule has 29 heavy (non-hydrogen) atoms. The van der Waals surface area contributed by atoms with E-state index in [4.69, 9.17) is 30.5 Å². The third-order valence-corrected chi connectivity index (χ3v) is 4.31. The van der Waals surface area contributed by atoms with E-state index in [2.05, 4.69) is 10.6 Å². The van der Waals surface area contributed by atoms with Crippen LogP contribution in [-0.4, -0.2) is 39.9 Å². The summed E-state index contributed by atoms with van der Waals surface area (Å²) in [5, 5.41) is 5.60. The van der Waals surface area contributed by atoms with Gasteiger partial charge in [-0.3, -0.25) is 10.1 Å². The number of nitrogens with one attached hydrogen (secondary N) is 2. The number of halogens is 1. The van der Waals surface area contributed by atoms with Crippen molar-refractivity contribution in [3.8, 4) is 17.2 Å². The zero-order valence-corrected chi connectivity index (χ0v) is 17.6. The molecule has 0 bridgehead atoms. The number of methoxy groups -OCH3 is 3. The molecule has 0 unspecified atom stereocenters. The van der Waals surface area contributed by atoms with Gasteiger partial charge in [0, 0.05) is 11.3 Å². The molecule has 0 spiro atoms. The lowest BCUT2D eigenvalue weighted by Crippen LogP contribution is -2.15. The summed E-state index contributed by atoms with van der Waals surface area (Å²) in [6.45, 7) is 3.72. The van der Waals surface area contributed by atoms with E-state index in [9.17, 15) is 9.59 Å². The summed E-state index contributed by atoms with van der Waals surface area (Å²) >= 11 is 6.23. The minimum atomic E-state index is -0.608. The Kier molecular flexibility index (Phi) is 7.55. The quantitative estimate of drug-likeness (QED) is 0.682. The predicted octanol–water partition coefficient (Wildman–Crippen LogP) is 4.49. The van der Waals surface area contributed by atoms with Gasteiger partial charge in [0.1, 0.15) is 0 Å². The summed E-state index contributed by atoms with van der Waals surface area (Å²) in [7, 11) is 4.42. The second-order valence-electron chi connectivity index (χ2n) is 5.86. The van der Waals surface area contributed by atoms with Crippen LogP contribution in [0.4, 0.5) is 16.2 Å². The molecule has 0 saturated heterocycles. The third kappa shape index (κ3) is 5.23. The van der Waals surface area contributed by atoms with Crippen molar-refractivity contribution in [3.63, 3.8) is 0 Å². The lowest BCUT2D eigenvalue weighted by molar-refractivity contribution is 0.102. The Hall–Kier alpha value is -3.13. The molecule has 2 rings (SSSR count). The Morgan fingerprint density at radius 1 is 0.931 bits per heavy atom. The topological polar surface area (TPSA) is 95.1 Å². The van der Waals surface area contributed by atoms with E-state index < -0.39 is 12.0 Å². The van der Waals surface area contributed by atoms with Gasteiger partial charge in [0.25, 0.3) is 5.91 Å². The number of benzene rings is 2. The number of aryl methyl sites for hydroxylation is 1. The summed E-state index contributed by atoms with van der Waals surface area (Å²) in [5.74, 6) is 0.719. The van der Waals surface area contributed by atoms with Gasteiger partial charge in [-0.25, -0.2) is 4.79 Å². The molecule has 0 saturated carbocycles. The van der Waals surface area contributed by atoms with Crippen LogP contribution in [0, 0.1) is 6.92 Å². The summed E-state index contributed by atoms with van der Waals surface area (Å²) in [6.07, 6.45) is -0.608. The minimum absolute atomic E-state index is 0.241. The summed E-state index contributed by atoms with van der Waals surface area (Å²) in [6, 6.07) is 6.28. The Balaban J connectivity index is 2.29. The van der Waals surface area contributed by atoms with Crippen molar-refractivity contribution in [2.75, 3.05) is 38.6 Å². The van der Waals surface area contributed by atoms with E-state index in [1.165, 1.54) is 21.3 Å². The van der Waals surface area contributed by atoms with Gasteiger partial charge in [0.05, 0.1) is 38.6 Å². The Morgan fingerprint density at radius 3 is 2.07 bits per heavy atom. The van der Waals surface area contributed by atoms with Gasteiger partial charge >= 0.3 is 6.09 Å². The highest BCUT2D eigenvalue weighted by atomic mass is 35.5. The lowest BCUT2D eigenvalue weighted by Gasteiger charge is -2.15. The summed E-state index contributed by atoms with van der Waals surface area (Å²) in [4.78, 5) is 24.4. The fraction of sp³-hybridized carbons (Fsp3) is 0.300. The number of amides is 2. The molecule has 2 amide bonds. The van der Waals surface area contributed by atoms with E-state index in [0.717, 1.165) is 0 Å². The first-order chi connectivity index (χ1) is 13.8. The number of hydrogen-bond acceptors (Lipinski definition) is 6. The van der Waals surface area contributed by atoms with Crippen LogP contribution in [0.2, 0.25) is 5.02 Å². The van der Waals surface area contributed by atoms with Gasteiger partial charge in [0.15, 0.2) is 11.5 Å². The van der Waals surface area contributed by atoms with Crippen molar-refractivity contribution in [1.29, 1.82) is 0 Å². The maximum absolute atomic E-state index is 12.8. The van der Waals surface area contributed by atoms with Gasteiger partial charge in [-0.1, -0.05) is 11.6 Å². The highest BCUT2D eigenvalue weighted by Gasteiger charge is 2.18. The van der Waals surface area contributed by atoms with Gasteiger partial charge in [-0.05, 0) is 43.7 Å². The number of rotatable bonds is 7. The zero-order valence-electron chi connectivity index (χ0n) is 16.8. The zero-order chi connectivity index (χ0) is 21.6. The number of carbonyl (C=O) groups is 2. The van der Waals surface area contributed by atoms with Crippen molar-refractivity contribution in [3.05, 3.63) is 40.4 Å². The van der Waals surface area contributed by atoms with Crippen molar-refractivity contribution in [2.45, 2.75) is 13.8 Å². The van der Waals surface area contributed by atoms with Crippen molar-refractivity contribution >= 4 is 35.0 Å². The second kappa shape index (κ2) is 9.88. The Labute approximate surface area is 174 Å². The molecule has 156 valence electrons. The molecule has 0 aliphatic rings. The molecule has 0 aromatic heterocycles. The molecule has 2 aromatic rings. The van der Waals surface area contributed by atoms with E-state index in [0.29, 0.717) is 39.8 Å². The number of anilines is 2. The van der Waals surface area contributed by atoms with Gasteiger partial charge < -0.3 is 24.3 Å². The molecule has 8 nitrogen and oxygen atoms in total. The largest absolute Gasteiger partial charge is 0.493 e. The van der Waals surface area contributed by atoms with E-state index >= 15 is 0 Å². The molecule has 0 aliphatic carbocycles. The first-order valence-corrected chi connectivity index (χ1v) is 9.07. The number of ether oxygens (including phenoxy) is 4. The van der Waals surface area contributed by atoms with Crippen LogP contribution in [0.25, 0.3) is 0 Å². The molecule has 2 N–H and O–H groups in total. The van der Waals surface area contributed by atoms with Crippen molar-refractivity contribution in [2.24, 2.45) is 0 Å². The summed E-state index contributed by atoms with van der Waals surface area (Å²) in [5.41, 5.74) is 1.88. The monoisotopic (exact) mass is 422 g/mol. The first-order valence-electron chi connectivity index (χ1n) is 8.69. The molecule has 0 fully saturated rings. The predicted molar refractivity (Wildman–Crippen MR) is 111 cm³/mol. The average molecular weight is 423 g/mol. The fourth-order valence-corrected chi connectivity index (χ4v) is 2.81. The highest BCUT2D eigenvalue weighted by molar-refractivity contribution is 6.34. The lowest BCUT2D eigenvalue weighted by atomic mass is 10.1. The van der Waals surface area contributed by atoms with Gasteiger partial charge in [-0.2, -0.15) is 0 Å². The third-order valence-electron chi connectivity index (χ3n) is 4.00. The Morgan fingerprint density at radius 2 is 1.55 bits per heavy atom. The van der Waals surface area contributed by atoms with Crippen molar-refractivity contribution < 1.29 is 28.5 Å². The van der Waals surface area contributed by atoms with E-state index in [-0.39, 0.29) is 11.6 Å². The van der Waals surface area contributed by atoms with E-state index in [1.54, 1.807) is 38.1 Å². The molecular weight excluding hydrogens is 400 g/mol. The number of carbonyl (C=O) groups excluding carboxylic acids is 2. The highest BCUT2D eigenvalue weighted by Crippen LogP contribution is 2.38. The van der Waals surface area contributed by atoms with Crippen LogP contribution < -0.4 is 24.8 Å².